The summed E-state index contributed by atoms with van der Waals surface area (Å²) in [7, 11) is 11.8. The number of thiazole rings is 2. The van der Waals surface area contributed by atoms with Crippen LogP contribution in [-0.2, 0) is 83.9 Å². The lowest BCUT2D eigenvalue weighted by molar-refractivity contribution is -0.179. The standard InChI is InChI=1S/C47H52BClN4O12S3.C43H45ClN4O12S3/c1-27-51-34(25-66-27)38(52-65-46(5,6)43(57)63-45(2,3)4)35(54)22-33-41(56)53-26-47(44(58)64-48,68-42(33)53)67-21-9-20-50-40(55)32-18-19-36(61-23-28-10-14-30(59-7)15-11-28)39(37(32)49)62-24-29-12-16-31(60-8)17-13-29;1-24-46-31(22-61-24)35(47-60-42(2,3)40(52)53)32(49)19-30-38(51)48-23-43(41(54)55,63-39(30)48)62-18-6-17-45-37(50)29-15-16-33(58-20-25-7-11-27(56-4)12-8-25)36(34(29)44)59-21-26-9-13-28(57-5)14-10-26/h10-19,25,33,42H,9,20-24,26H2,1-8H3,(H,50,55);7-16,22,30,39H,6,17-21,23H2,1-5H3,(H,45,50)(H,52,53)(H,54,55)/b52-38-;47-35-/t33-,42-,47-;30-,39-,43-/m11/s1. The van der Waals surface area contributed by atoms with E-state index in [1.165, 1.54) is 83.7 Å². The maximum Gasteiger partial charge on any atom is 0.378 e. The van der Waals surface area contributed by atoms with Crippen molar-refractivity contribution in [3.8, 4) is 46.0 Å². The third kappa shape index (κ3) is 25.3. The molecule has 4 aliphatic heterocycles. The zero-order valence-corrected chi connectivity index (χ0v) is 80.2. The Morgan fingerprint density at radius 2 is 0.885 bits per heavy atom. The predicted octanol–water partition coefficient (Wildman–Crippen LogP) is 14.2. The summed E-state index contributed by atoms with van der Waals surface area (Å²) in [6, 6.07) is 35.8. The second kappa shape index (κ2) is 44.5. The van der Waals surface area contributed by atoms with Crippen molar-refractivity contribution < 1.29 is 115 Å². The first-order valence-corrected chi connectivity index (χ1v) is 47.1. The van der Waals surface area contributed by atoms with Crippen LogP contribution >= 0.6 is 92.9 Å². The number of benzene rings is 6. The number of aryl methyl sites for hydroxylation is 2. The average Bonchev–Trinajstić information content (AvgIpc) is 1.62. The number of amides is 4. The highest BCUT2D eigenvalue weighted by atomic mass is 35.5. The van der Waals surface area contributed by atoms with Gasteiger partial charge in [0.25, 0.3) is 11.8 Å². The molecule has 4 saturated heterocycles. The molecule has 32 nitrogen and oxygen atoms in total. The van der Waals surface area contributed by atoms with Crippen LogP contribution in [0.15, 0.2) is 142 Å². The van der Waals surface area contributed by atoms with Crippen molar-refractivity contribution in [2.24, 2.45) is 22.1 Å². The SMILES string of the molecule is COc1ccc(COc2ccc(C(=O)NCCCS[C@]3(C(=O)O)CN4C(=O)[C@@H](CC(=O)/C(=N\OC(C)(C)C(=O)O)c5csc(C)n5)[C@H]4S3)c(Cl)c2OCc2ccc(OC)cc2)cc1.[B]OC(=O)[C@@]1(SCCCNC(=O)c2ccc(OCc3ccc(OC)cc3)c(OCc3ccc(OC)cc3)c2Cl)CN2C(=O)[C@@H](CC(=O)/C(=N\OC(C)(C)C(=O)OC(C)(C)C)c3csc(C)n3)[C@H]2S1. The second-order valence-corrected chi connectivity index (χ2v) is 41.0. The highest BCUT2D eigenvalue weighted by Crippen LogP contribution is 2.57. The van der Waals surface area contributed by atoms with Gasteiger partial charge in [0.1, 0.15) is 66.4 Å². The fourth-order valence-electron chi connectivity index (χ4n) is 13.2. The van der Waals surface area contributed by atoms with Crippen molar-refractivity contribution in [2.75, 3.05) is 66.1 Å². The van der Waals surface area contributed by atoms with E-state index in [4.69, 9.17) is 88.2 Å². The summed E-state index contributed by atoms with van der Waals surface area (Å²) >= 11 is 20.9. The number of carboxylic acid groups (broad SMARTS) is 2. The number of methoxy groups -OCH3 is 4. The van der Waals surface area contributed by atoms with E-state index in [-0.39, 0.29) is 133 Å². The van der Waals surface area contributed by atoms with Crippen LogP contribution in [0, 0.1) is 25.7 Å². The molecule has 6 atom stereocenters. The van der Waals surface area contributed by atoms with Crippen LogP contribution < -0.4 is 48.5 Å². The van der Waals surface area contributed by atoms with Crippen molar-refractivity contribution >= 4 is 171 Å². The molecule has 4 N–H and O–H groups in total. The van der Waals surface area contributed by atoms with Crippen LogP contribution in [0.2, 0.25) is 10.0 Å². The highest BCUT2D eigenvalue weighted by molar-refractivity contribution is 8.20. The summed E-state index contributed by atoms with van der Waals surface area (Å²) in [6.45, 7) is 15.1. The summed E-state index contributed by atoms with van der Waals surface area (Å²) in [6.07, 6.45) is 0.215. The van der Waals surface area contributed by atoms with Gasteiger partial charge >= 0.3 is 31.9 Å². The molecule has 2 aromatic heterocycles. The molecule has 6 heterocycles. The van der Waals surface area contributed by atoms with Gasteiger partial charge in [0, 0.05) is 36.7 Å². The van der Waals surface area contributed by atoms with Crippen molar-refractivity contribution in [1.29, 1.82) is 0 Å². The molecule has 694 valence electrons. The zero-order chi connectivity index (χ0) is 94.9. The van der Waals surface area contributed by atoms with E-state index in [9.17, 15) is 58.2 Å². The van der Waals surface area contributed by atoms with E-state index >= 15 is 0 Å². The van der Waals surface area contributed by atoms with Gasteiger partial charge in [-0.2, -0.15) is 0 Å². The number of nitrogens with one attached hydrogen (secondary N) is 2. The van der Waals surface area contributed by atoms with Gasteiger partial charge in [-0.15, -0.1) is 69.7 Å². The number of carbonyl (C=O) groups is 10. The van der Waals surface area contributed by atoms with Gasteiger partial charge in [-0.25, -0.2) is 24.4 Å². The molecule has 2 radical (unpaired) electrons. The molecule has 0 saturated carbocycles. The molecule has 6 aromatic carbocycles. The smallest absolute Gasteiger partial charge is 0.378 e. The Labute approximate surface area is 792 Å². The Hall–Kier alpha value is -10.9. The number of aromatic nitrogens is 2. The number of hydrogen-bond acceptors (Lipinski definition) is 32. The summed E-state index contributed by atoms with van der Waals surface area (Å²) in [4.78, 5) is 154. The zero-order valence-electron chi connectivity index (χ0n) is 73.8. The Morgan fingerprint density at radius 3 is 1.23 bits per heavy atom. The number of aliphatic carboxylic acids is 2. The van der Waals surface area contributed by atoms with Crippen molar-refractivity contribution in [1.82, 2.24) is 30.4 Å². The number of hydrogen-bond donors (Lipinski definition) is 4. The number of nitrogens with zero attached hydrogens (tertiary/aromatic N) is 6. The molecule has 0 unspecified atom stereocenters. The molecule has 12 rings (SSSR count). The summed E-state index contributed by atoms with van der Waals surface area (Å²) in [5.74, 6) is -3.77. The molecule has 4 fully saturated rings. The number of fused-ring (bicyclic) bond motifs is 2. The number of rotatable bonds is 44. The molecule has 0 bridgehead atoms. The molecule has 0 aliphatic carbocycles. The first-order chi connectivity index (χ1) is 62.3. The topological polar surface area (TPSA) is 403 Å². The third-order valence-electron chi connectivity index (χ3n) is 20.5. The van der Waals surface area contributed by atoms with Crippen molar-refractivity contribution in [3.63, 3.8) is 0 Å². The van der Waals surface area contributed by atoms with Gasteiger partial charge in [0.2, 0.25) is 23.0 Å². The molecule has 131 heavy (non-hydrogen) atoms. The lowest BCUT2D eigenvalue weighted by Crippen LogP contribution is -2.57. The van der Waals surface area contributed by atoms with Gasteiger partial charge in [-0.3, -0.25) is 33.6 Å². The minimum Gasteiger partial charge on any atom is -0.542 e. The van der Waals surface area contributed by atoms with Crippen LogP contribution in [0.1, 0.15) is 139 Å². The van der Waals surface area contributed by atoms with Gasteiger partial charge in [-0.05, 0) is 182 Å². The Balaban J connectivity index is 0.000000254. The first-order valence-electron chi connectivity index (χ1n) is 40.9. The molecular formula is C90H97BCl2N8O24S6. The number of ketones is 2. The Kier molecular flexibility index (Phi) is 34.2. The van der Waals surface area contributed by atoms with Crippen molar-refractivity contribution in [3.05, 3.63) is 197 Å². The quantitative estimate of drug-likeness (QED) is 0.00688. The lowest BCUT2D eigenvalue weighted by Gasteiger charge is -2.41. The minimum atomic E-state index is -1.74. The number of carboxylic acids is 2. The molecule has 0 spiro atoms. The summed E-state index contributed by atoms with van der Waals surface area (Å²) < 4.78 is 53.1. The van der Waals surface area contributed by atoms with E-state index in [0.29, 0.717) is 68.9 Å². The van der Waals surface area contributed by atoms with E-state index < -0.39 is 94.8 Å². The predicted molar refractivity (Wildman–Crippen MR) is 499 cm³/mol. The first kappa shape index (κ1) is 101. The maximum absolute atomic E-state index is 13.9. The molecular weight excluding hydrogens is 1850 g/mol. The van der Waals surface area contributed by atoms with E-state index in [1.54, 1.807) is 110 Å². The van der Waals surface area contributed by atoms with Crippen LogP contribution in [0.5, 0.6) is 46.0 Å². The highest BCUT2D eigenvalue weighted by Gasteiger charge is 2.64. The van der Waals surface area contributed by atoms with Gasteiger partial charge in [0.15, 0.2) is 54.1 Å². The largest absolute Gasteiger partial charge is 0.542 e. The maximum atomic E-state index is 13.9. The Morgan fingerprint density at radius 1 is 0.527 bits per heavy atom. The fraction of sp³-hybridized carbons (Fsp3) is 0.400. The van der Waals surface area contributed by atoms with Crippen LogP contribution in [-0.4, -0.2) is 210 Å². The molecule has 8 aromatic rings. The monoisotopic (exact) mass is 1950 g/mol. The Bertz CT molecular complexity index is 5570. The van der Waals surface area contributed by atoms with E-state index in [0.717, 1.165) is 45.8 Å². The van der Waals surface area contributed by atoms with Crippen LogP contribution in [0.4, 0.5) is 0 Å². The number of β-lactam (4-membered cyclic amide) rings is 2. The average molecular weight is 1950 g/mol. The second-order valence-electron chi connectivity index (χ2n) is 32.0. The fourth-order valence-corrected chi connectivity index (χ4v) is 21.4. The van der Waals surface area contributed by atoms with Crippen molar-refractivity contribution in [2.45, 2.75) is 150 Å². The van der Waals surface area contributed by atoms with E-state index in [2.05, 4.69) is 30.9 Å². The molecule has 4 aliphatic rings. The number of ether oxygens (including phenoxy) is 9. The minimum absolute atomic E-state index is 0.0138. The van der Waals surface area contributed by atoms with E-state index in [1.807, 2.05) is 84.9 Å². The lowest BCUT2D eigenvalue weighted by atomic mass is 9.90. The molecule has 41 heteroatoms. The number of esters is 1. The number of thioether (sulfide) groups is 4. The summed E-state index contributed by atoms with van der Waals surface area (Å²) in [5, 5.41) is 37.1. The number of halogens is 2. The van der Waals surface area contributed by atoms with Gasteiger partial charge < -0.3 is 87.6 Å². The number of Topliss-reactive ketones (excluding diaryl/α,β-unsaturated/α-hetero) is 2. The third-order valence-corrected chi connectivity index (χ3v) is 29.6. The van der Waals surface area contributed by atoms with Gasteiger partial charge in [0.05, 0.1) is 95.3 Å². The van der Waals surface area contributed by atoms with Crippen LogP contribution in [0.25, 0.3) is 0 Å². The summed E-state index contributed by atoms with van der Waals surface area (Å²) in [5.41, 5.74) is -0.342. The number of oxime groups is 2. The molecule has 4 amide bonds. The number of carbonyl (C=O) groups excluding carboxylic acids is 8. The van der Waals surface area contributed by atoms with Crippen LogP contribution in [0.3, 0.4) is 0 Å². The normalized spacial score (nSPS) is 18.1. The van der Waals surface area contributed by atoms with Gasteiger partial charge in [-0.1, -0.05) is 82.0 Å².